The third-order valence-corrected chi connectivity index (χ3v) is 6.77. The molecule has 3 fully saturated rings. The fourth-order valence-electron chi connectivity index (χ4n) is 3.87. The number of carbonyl (C=O) groups excluding carboxylic acids is 2. The SMILES string of the molecule is CC1CCN(c2ncnc3ccc(/C=C4\SC(=O)C5CC5C4=O)nc23)CC1. The zero-order chi connectivity index (χ0) is 18.5. The van der Waals surface area contributed by atoms with Crippen LogP contribution >= 0.6 is 11.8 Å². The number of nitrogens with zero attached hydrogens (tertiary/aromatic N) is 4. The van der Waals surface area contributed by atoms with Crippen molar-refractivity contribution in [2.75, 3.05) is 18.0 Å². The number of rotatable bonds is 2. The first kappa shape index (κ1) is 16.9. The van der Waals surface area contributed by atoms with Crippen molar-refractivity contribution in [3.63, 3.8) is 0 Å². The molecule has 7 heteroatoms. The standard InChI is InChI=1S/C20H20N4O2S/c1-11-4-6-24(7-5-11)19-17-15(21-10-22-19)3-2-12(23-17)8-16-18(25)13-9-14(13)20(26)27-16/h2-3,8,10-11,13-14H,4-7,9H2,1H3/b16-8-. The summed E-state index contributed by atoms with van der Waals surface area (Å²) in [5.74, 6) is 1.53. The number of allylic oxidation sites excluding steroid dienone is 1. The second kappa shape index (κ2) is 6.41. The molecule has 0 bridgehead atoms. The van der Waals surface area contributed by atoms with E-state index in [2.05, 4.69) is 21.8 Å². The summed E-state index contributed by atoms with van der Waals surface area (Å²) in [6.07, 6.45) is 6.32. The molecule has 5 rings (SSSR count). The third kappa shape index (κ3) is 3.04. The van der Waals surface area contributed by atoms with Gasteiger partial charge < -0.3 is 4.90 Å². The number of hydrogen-bond acceptors (Lipinski definition) is 7. The number of carbonyl (C=O) groups is 2. The van der Waals surface area contributed by atoms with Crippen LogP contribution in [-0.4, -0.2) is 38.9 Å². The van der Waals surface area contributed by atoms with Crippen molar-refractivity contribution in [1.29, 1.82) is 0 Å². The van der Waals surface area contributed by atoms with E-state index in [-0.39, 0.29) is 22.7 Å². The summed E-state index contributed by atoms with van der Waals surface area (Å²) in [6, 6.07) is 3.76. The molecule has 0 N–H and O–H groups in total. The lowest BCUT2D eigenvalue weighted by atomic mass is 9.99. The van der Waals surface area contributed by atoms with Crippen molar-refractivity contribution in [1.82, 2.24) is 15.0 Å². The van der Waals surface area contributed by atoms with Gasteiger partial charge in [0.25, 0.3) is 0 Å². The van der Waals surface area contributed by atoms with Crippen LogP contribution in [0.2, 0.25) is 0 Å². The van der Waals surface area contributed by atoms with Gasteiger partial charge in [-0.25, -0.2) is 15.0 Å². The molecule has 1 saturated carbocycles. The van der Waals surface area contributed by atoms with Gasteiger partial charge in [-0.15, -0.1) is 0 Å². The summed E-state index contributed by atoms with van der Waals surface area (Å²) in [5.41, 5.74) is 2.22. The number of aromatic nitrogens is 3. The van der Waals surface area contributed by atoms with Crippen LogP contribution in [0, 0.1) is 17.8 Å². The van der Waals surface area contributed by atoms with Crippen LogP contribution in [0.5, 0.6) is 0 Å². The lowest BCUT2D eigenvalue weighted by molar-refractivity contribution is -0.119. The van der Waals surface area contributed by atoms with Gasteiger partial charge in [-0.05, 0) is 55.2 Å². The highest BCUT2D eigenvalue weighted by Crippen LogP contribution is 2.51. The average molecular weight is 380 g/mol. The lowest BCUT2D eigenvalue weighted by Crippen LogP contribution is -2.33. The Labute approximate surface area is 161 Å². The van der Waals surface area contributed by atoms with Crippen molar-refractivity contribution in [3.8, 4) is 0 Å². The first-order valence-corrected chi connectivity index (χ1v) is 10.3. The first-order chi connectivity index (χ1) is 13.1. The Morgan fingerprint density at radius 2 is 1.96 bits per heavy atom. The molecule has 0 aromatic carbocycles. The molecule has 1 aliphatic carbocycles. The van der Waals surface area contributed by atoms with Crippen LogP contribution in [0.1, 0.15) is 31.9 Å². The number of thioether (sulfide) groups is 1. The summed E-state index contributed by atoms with van der Waals surface area (Å²) >= 11 is 1.07. The number of fused-ring (bicyclic) bond motifs is 2. The van der Waals surface area contributed by atoms with E-state index in [1.165, 1.54) is 0 Å². The topological polar surface area (TPSA) is 76.1 Å². The molecular weight excluding hydrogens is 360 g/mol. The van der Waals surface area contributed by atoms with E-state index in [9.17, 15) is 9.59 Å². The number of piperidine rings is 1. The summed E-state index contributed by atoms with van der Waals surface area (Å²) in [6.45, 7) is 4.21. The molecule has 27 heavy (non-hydrogen) atoms. The molecule has 4 heterocycles. The molecule has 2 saturated heterocycles. The minimum atomic E-state index is -0.0975. The van der Waals surface area contributed by atoms with Crippen LogP contribution in [0.3, 0.4) is 0 Å². The molecule has 0 spiro atoms. The minimum absolute atomic E-state index is 0.0503. The molecule has 3 aliphatic rings. The Bertz CT molecular complexity index is 981. The fourth-order valence-corrected chi connectivity index (χ4v) is 4.93. The maximum Gasteiger partial charge on any atom is 0.197 e. The highest BCUT2D eigenvalue weighted by atomic mass is 32.2. The van der Waals surface area contributed by atoms with Crippen LogP contribution in [-0.2, 0) is 9.59 Å². The van der Waals surface area contributed by atoms with E-state index in [0.29, 0.717) is 17.0 Å². The molecular formula is C20H20N4O2S. The summed E-state index contributed by atoms with van der Waals surface area (Å²) in [4.78, 5) is 40.8. The van der Waals surface area contributed by atoms with Gasteiger partial charge in [-0.1, -0.05) is 6.92 Å². The number of ketones is 1. The Hall–Kier alpha value is -2.28. The number of hydrogen-bond donors (Lipinski definition) is 0. The Balaban J connectivity index is 1.51. The summed E-state index contributed by atoms with van der Waals surface area (Å²) in [7, 11) is 0. The maximum absolute atomic E-state index is 12.4. The molecule has 6 nitrogen and oxygen atoms in total. The van der Waals surface area contributed by atoms with E-state index >= 15 is 0 Å². The van der Waals surface area contributed by atoms with Crippen molar-refractivity contribution >= 4 is 45.6 Å². The zero-order valence-electron chi connectivity index (χ0n) is 15.1. The number of pyridine rings is 1. The molecule has 2 unspecified atom stereocenters. The predicted molar refractivity (Wildman–Crippen MR) is 105 cm³/mol. The molecule has 2 atom stereocenters. The van der Waals surface area contributed by atoms with Crippen LogP contribution < -0.4 is 4.90 Å². The Morgan fingerprint density at radius 3 is 2.78 bits per heavy atom. The van der Waals surface area contributed by atoms with Crippen molar-refractivity contribution < 1.29 is 9.59 Å². The maximum atomic E-state index is 12.4. The number of anilines is 1. The van der Waals surface area contributed by atoms with Gasteiger partial charge in [0, 0.05) is 24.9 Å². The average Bonchev–Trinajstić information content (AvgIpc) is 3.48. The van der Waals surface area contributed by atoms with Gasteiger partial charge in [0.2, 0.25) is 0 Å². The van der Waals surface area contributed by atoms with Gasteiger partial charge in [0.05, 0.1) is 16.1 Å². The quantitative estimate of drug-likeness (QED) is 0.741. The molecule has 138 valence electrons. The largest absolute Gasteiger partial charge is 0.355 e. The van der Waals surface area contributed by atoms with E-state index in [4.69, 9.17) is 4.98 Å². The van der Waals surface area contributed by atoms with E-state index in [0.717, 1.165) is 60.5 Å². The van der Waals surface area contributed by atoms with Crippen molar-refractivity contribution in [3.05, 3.63) is 29.1 Å². The fraction of sp³-hybridized carbons (Fsp3) is 0.450. The minimum Gasteiger partial charge on any atom is -0.355 e. The highest BCUT2D eigenvalue weighted by molar-refractivity contribution is 8.18. The molecule has 2 aliphatic heterocycles. The third-order valence-electron chi connectivity index (χ3n) is 5.73. The highest BCUT2D eigenvalue weighted by Gasteiger charge is 2.53. The van der Waals surface area contributed by atoms with Gasteiger partial charge in [-0.3, -0.25) is 9.59 Å². The van der Waals surface area contributed by atoms with E-state index < -0.39 is 0 Å². The van der Waals surface area contributed by atoms with E-state index in [1.54, 1.807) is 12.4 Å². The predicted octanol–water partition coefficient (Wildman–Crippen LogP) is 3.08. The summed E-state index contributed by atoms with van der Waals surface area (Å²) < 4.78 is 0. The van der Waals surface area contributed by atoms with Gasteiger partial charge in [-0.2, -0.15) is 0 Å². The van der Waals surface area contributed by atoms with Crippen LogP contribution in [0.4, 0.5) is 5.82 Å². The van der Waals surface area contributed by atoms with E-state index in [1.807, 2.05) is 12.1 Å². The zero-order valence-corrected chi connectivity index (χ0v) is 15.9. The molecule has 2 aromatic heterocycles. The monoisotopic (exact) mass is 380 g/mol. The van der Waals surface area contributed by atoms with Crippen molar-refractivity contribution in [2.24, 2.45) is 17.8 Å². The van der Waals surface area contributed by atoms with Gasteiger partial charge >= 0.3 is 0 Å². The summed E-state index contributed by atoms with van der Waals surface area (Å²) in [5, 5.41) is 0.109. The van der Waals surface area contributed by atoms with Gasteiger partial charge in [0.1, 0.15) is 11.8 Å². The smallest absolute Gasteiger partial charge is 0.197 e. The lowest BCUT2D eigenvalue weighted by Gasteiger charge is -2.31. The molecule has 0 radical (unpaired) electrons. The second-order valence-electron chi connectivity index (χ2n) is 7.71. The van der Waals surface area contributed by atoms with Crippen molar-refractivity contribution in [2.45, 2.75) is 26.2 Å². The first-order valence-electron chi connectivity index (χ1n) is 9.44. The number of Topliss-reactive ketones (excluding diaryl/α,β-unsaturated/α-hetero) is 1. The Morgan fingerprint density at radius 1 is 1.15 bits per heavy atom. The molecule has 0 amide bonds. The van der Waals surface area contributed by atoms with Crippen LogP contribution in [0.15, 0.2) is 23.4 Å². The van der Waals surface area contributed by atoms with Gasteiger partial charge in [0.15, 0.2) is 16.7 Å². The molecule has 2 aromatic rings. The Kier molecular flexibility index (Phi) is 4.00. The normalized spacial score (nSPS) is 27.3. The van der Waals surface area contributed by atoms with Crippen LogP contribution in [0.25, 0.3) is 17.1 Å². The second-order valence-corrected chi connectivity index (χ2v) is 8.76.